The molecule has 0 aromatic heterocycles. The van der Waals surface area contributed by atoms with Gasteiger partial charge < -0.3 is 0 Å². The van der Waals surface area contributed by atoms with Crippen molar-refractivity contribution in [1.29, 1.82) is 0 Å². The van der Waals surface area contributed by atoms with E-state index in [0.29, 0.717) is 0 Å². The fraction of sp³-hybridized carbons (Fsp3) is 1.00. The third kappa shape index (κ3) is 1.41. The molecule has 0 bridgehead atoms. The molecule has 0 amide bonds. The number of hydrogen-bond donors (Lipinski definition) is 0. The quantitative estimate of drug-likeness (QED) is 0.587. The Morgan fingerprint density at radius 3 is 2.21 bits per heavy atom. The minimum Gasteiger partial charge on any atom is -0.241 e. The average Bonchev–Trinajstić information content (AvgIpc) is 2.09. The van der Waals surface area contributed by atoms with Crippen LogP contribution in [0.3, 0.4) is 0 Å². The molecule has 0 saturated heterocycles. The molecular weight excluding hydrogens is 203 g/mol. The predicted molar refractivity (Wildman–Crippen MR) is 42.4 cm³/mol. The topological polar surface area (TPSA) is 0 Å². The van der Waals surface area contributed by atoms with E-state index in [-0.39, 0.29) is 12.8 Å². The number of halogens is 5. The van der Waals surface area contributed by atoms with Gasteiger partial charge in [-0.15, -0.1) is 0 Å². The Morgan fingerprint density at radius 1 is 1.29 bits per heavy atom. The van der Waals surface area contributed by atoms with Crippen molar-refractivity contribution >= 4 is 0 Å². The fourth-order valence-electron chi connectivity index (χ4n) is 1.77. The highest BCUT2D eigenvalue weighted by atomic mass is 19.3. The summed E-state index contributed by atoms with van der Waals surface area (Å²) in [5.41, 5.74) is -2.51. The summed E-state index contributed by atoms with van der Waals surface area (Å²) in [5.74, 6) is -4.78. The number of hydrogen-bond acceptors (Lipinski definition) is 0. The van der Waals surface area contributed by atoms with E-state index >= 15 is 0 Å². The largest absolute Gasteiger partial charge is 0.289 e. The van der Waals surface area contributed by atoms with Crippen molar-refractivity contribution in [3.8, 4) is 0 Å². The van der Waals surface area contributed by atoms with Crippen molar-refractivity contribution in [3.05, 3.63) is 0 Å². The summed E-state index contributed by atoms with van der Waals surface area (Å²) >= 11 is 0. The van der Waals surface area contributed by atoms with Crippen LogP contribution in [0.2, 0.25) is 0 Å². The molecule has 1 saturated carbocycles. The van der Waals surface area contributed by atoms with Crippen LogP contribution in [0, 0.1) is 11.3 Å². The summed E-state index contributed by atoms with van der Waals surface area (Å²) in [6.07, 6.45) is -5.91. The maximum Gasteiger partial charge on any atom is 0.289 e. The second kappa shape index (κ2) is 3.35. The van der Waals surface area contributed by atoms with Crippen LogP contribution in [0.1, 0.15) is 26.7 Å². The van der Waals surface area contributed by atoms with Crippen molar-refractivity contribution in [2.24, 2.45) is 11.3 Å². The summed E-state index contributed by atoms with van der Waals surface area (Å²) in [7, 11) is 0. The first-order valence-corrected chi connectivity index (χ1v) is 4.53. The number of alkyl halides is 5. The molecule has 1 rings (SSSR count). The van der Waals surface area contributed by atoms with E-state index in [4.69, 9.17) is 0 Å². The van der Waals surface area contributed by atoms with E-state index in [1.807, 2.05) is 0 Å². The summed E-state index contributed by atoms with van der Waals surface area (Å²) in [6, 6.07) is 0. The van der Waals surface area contributed by atoms with Crippen LogP contribution in [-0.4, -0.2) is 18.5 Å². The molecule has 14 heavy (non-hydrogen) atoms. The molecule has 0 spiro atoms. The van der Waals surface area contributed by atoms with Gasteiger partial charge in [0.25, 0.3) is 5.92 Å². The van der Waals surface area contributed by atoms with Crippen molar-refractivity contribution in [2.45, 2.75) is 45.2 Å². The highest BCUT2D eigenvalue weighted by Crippen LogP contribution is 2.54. The molecule has 1 fully saturated rings. The van der Waals surface area contributed by atoms with Crippen molar-refractivity contribution in [2.75, 3.05) is 0 Å². The Kier molecular flexibility index (Phi) is 2.80. The monoisotopic (exact) mass is 216 g/mol. The summed E-state index contributed by atoms with van der Waals surface area (Å²) in [4.78, 5) is 0. The Labute approximate surface area is 79.5 Å². The third-order valence-electron chi connectivity index (χ3n) is 3.21. The zero-order valence-corrected chi connectivity index (χ0v) is 8.04. The lowest BCUT2D eigenvalue weighted by atomic mass is 9.68. The van der Waals surface area contributed by atoms with Crippen molar-refractivity contribution < 1.29 is 22.0 Å². The summed E-state index contributed by atoms with van der Waals surface area (Å²) in [6.45, 7) is 2.08. The van der Waals surface area contributed by atoms with Crippen molar-refractivity contribution in [3.63, 3.8) is 0 Å². The zero-order valence-electron chi connectivity index (χ0n) is 8.04. The number of rotatable bonds is 1. The average molecular weight is 216 g/mol. The first kappa shape index (κ1) is 11.7. The van der Waals surface area contributed by atoms with Crippen LogP contribution in [0.5, 0.6) is 0 Å². The molecule has 1 aliphatic carbocycles. The van der Waals surface area contributed by atoms with Gasteiger partial charge in [-0.3, -0.25) is 0 Å². The van der Waals surface area contributed by atoms with E-state index < -0.39 is 29.9 Å². The van der Waals surface area contributed by atoms with Crippen LogP contribution >= 0.6 is 0 Å². The first-order valence-electron chi connectivity index (χ1n) is 4.53. The third-order valence-corrected chi connectivity index (χ3v) is 3.21. The Morgan fingerprint density at radius 2 is 1.79 bits per heavy atom. The minimum atomic E-state index is -3.93. The van der Waals surface area contributed by atoms with Gasteiger partial charge in [0, 0.05) is 0 Å². The smallest absolute Gasteiger partial charge is 0.241 e. The van der Waals surface area contributed by atoms with Crippen LogP contribution in [0.4, 0.5) is 22.0 Å². The molecule has 0 heterocycles. The lowest BCUT2D eigenvalue weighted by Crippen LogP contribution is -2.56. The predicted octanol–water partition coefficient (Wildman–Crippen LogP) is 3.66. The maximum atomic E-state index is 13.3. The van der Waals surface area contributed by atoms with Crippen LogP contribution < -0.4 is 0 Å². The molecule has 0 nitrogen and oxygen atoms in total. The highest BCUT2D eigenvalue weighted by molar-refractivity contribution is 5.01. The highest BCUT2D eigenvalue weighted by Gasteiger charge is 2.64. The van der Waals surface area contributed by atoms with Gasteiger partial charge in [-0.25, -0.2) is 22.0 Å². The van der Waals surface area contributed by atoms with E-state index in [0.717, 1.165) is 6.92 Å². The SMILES string of the molecule is CC1CCC(C)(C(F)F)C(F)(F)C1F. The Bertz CT molecular complexity index is 215. The Balaban J connectivity index is 3.00. The van der Waals surface area contributed by atoms with Gasteiger partial charge in [0.05, 0.1) is 5.41 Å². The molecule has 0 aliphatic heterocycles. The van der Waals surface area contributed by atoms with Gasteiger partial charge >= 0.3 is 0 Å². The molecular formula is C9H13F5. The van der Waals surface area contributed by atoms with Crippen LogP contribution in [-0.2, 0) is 0 Å². The lowest BCUT2D eigenvalue weighted by molar-refractivity contribution is -0.242. The second-order valence-corrected chi connectivity index (χ2v) is 4.26. The van der Waals surface area contributed by atoms with E-state index in [1.165, 1.54) is 6.92 Å². The standard InChI is InChI=1S/C9H13F5/c1-5-3-4-8(2,7(11)12)9(13,14)6(5)10/h5-7H,3-4H2,1-2H3. The summed E-state index contributed by atoms with van der Waals surface area (Å²) < 4.78 is 64.6. The van der Waals surface area contributed by atoms with Crippen LogP contribution in [0.15, 0.2) is 0 Å². The maximum absolute atomic E-state index is 13.3. The molecule has 3 atom stereocenters. The lowest BCUT2D eigenvalue weighted by Gasteiger charge is -2.44. The molecule has 1 aliphatic rings. The zero-order chi connectivity index (χ0) is 11.1. The van der Waals surface area contributed by atoms with E-state index in [1.54, 1.807) is 0 Å². The molecule has 0 aromatic rings. The van der Waals surface area contributed by atoms with E-state index in [2.05, 4.69) is 0 Å². The van der Waals surface area contributed by atoms with Gasteiger partial charge in [-0.05, 0) is 25.7 Å². The minimum absolute atomic E-state index is 0.0809. The molecule has 3 unspecified atom stereocenters. The molecule has 0 N–H and O–H groups in total. The summed E-state index contributed by atoms with van der Waals surface area (Å²) in [5, 5.41) is 0. The fourth-order valence-corrected chi connectivity index (χ4v) is 1.77. The van der Waals surface area contributed by atoms with Gasteiger partial charge in [-0.1, -0.05) is 6.92 Å². The van der Waals surface area contributed by atoms with Gasteiger partial charge in [0.15, 0.2) is 6.17 Å². The molecule has 0 radical (unpaired) electrons. The molecule has 5 heteroatoms. The van der Waals surface area contributed by atoms with Crippen molar-refractivity contribution in [1.82, 2.24) is 0 Å². The molecule has 0 aromatic carbocycles. The first-order chi connectivity index (χ1) is 6.23. The normalized spacial score (nSPS) is 42.9. The van der Waals surface area contributed by atoms with Gasteiger partial charge in [0.2, 0.25) is 6.43 Å². The van der Waals surface area contributed by atoms with Crippen LogP contribution in [0.25, 0.3) is 0 Å². The van der Waals surface area contributed by atoms with E-state index in [9.17, 15) is 22.0 Å². The molecule has 84 valence electrons. The van der Waals surface area contributed by atoms with Gasteiger partial charge in [-0.2, -0.15) is 0 Å². The second-order valence-electron chi connectivity index (χ2n) is 4.26. The van der Waals surface area contributed by atoms with Gasteiger partial charge in [0.1, 0.15) is 0 Å². The Hall–Kier alpha value is -0.350.